The average molecular weight is 1250 g/mol. The summed E-state index contributed by atoms with van der Waals surface area (Å²) in [6.45, 7) is 18.5. The molecule has 16 rings (SSSR count). The van der Waals surface area contributed by atoms with Gasteiger partial charge in [0.2, 0.25) is 0 Å². The molecule has 12 aromatic rings. The Kier molecular flexibility index (Phi) is 14.5. The standard InChI is InChI=1S/C84H73B2N5Se/c1-54(2)63-36-18-24-42-71(63)90(72-43-25-19-37-64(72)55(3)4)61-48-78-83-79(49-61)89(60-34-16-11-17-35-60)77-53-81-70(52-69(77)85(83)67-40-22-28-46-75(67)87(78)58-30-12-9-13-31-58)86-68-41-23-29-47-76(68)88(59-32-14-10-15-33-59)80-50-62(51-82(92-81)84(80)86)91(73-44-26-20-38-65(73)56(5)6)74-45-27-21-39-66(74)57(7)8/h9-57H,1-8H3. The Morgan fingerprint density at radius 1 is 0.272 bits per heavy atom. The molecule has 0 atom stereocenters. The third-order valence-electron chi connectivity index (χ3n) is 19.5. The van der Waals surface area contributed by atoms with Crippen LogP contribution in [0.4, 0.5) is 85.3 Å². The van der Waals surface area contributed by atoms with Gasteiger partial charge >= 0.3 is 554 Å². The van der Waals surface area contributed by atoms with Gasteiger partial charge < -0.3 is 0 Å². The molecule has 5 nitrogen and oxygen atoms in total. The van der Waals surface area contributed by atoms with Gasteiger partial charge in [-0.05, 0) is 0 Å². The molecule has 8 heteroatoms. The molecular weight excluding hydrogens is 1180 g/mol. The molecule has 0 aliphatic carbocycles. The molecule has 0 fully saturated rings. The summed E-state index contributed by atoms with van der Waals surface area (Å²) in [6.07, 6.45) is 0. The van der Waals surface area contributed by atoms with Crippen LogP contribution in [0.1, 0.15) is 101 Å². The van der Waals surface area contributed by atoms with Crippen LogP contribution >= 0.6 is 0 Å². The number of anilines is 15. The van der Waals surface area contributed by atoms with Crippen molar-refractivity contribution in [2.24, 2.45) is 0 Å². The molecule has 92 heavy (non-hydrogen) atoms. The summed E-state index contributed by atoms with van der Waals surface area (Å²) in [5, 5.41) is 0. The van der Waals surface area contributed by atoms with Crippen LogP contribution in [0.2, 0.25) is 0 Å². The first-order chi connectivity index (χ1) is 45.0. The molecule has 12 aromatic carbocycles. The second-order valence-corrected chi connectivity index (χ2v) is 28.6. The van der Waals surface area contributed by atoms with Crippen molar-refractivity contribution >= 4 is 155 Å². The van der Waals surface area contributed by atoms with Crippen molar-refractivity contribution in [2.75, 3.05) is 24.5 Å². The normalized spacial score (nSPS) is 13.2. The zero-order chi connectivity index (χ0) is 62.5. The number of para-hydroxylation sites is 9. The number of nitrogens with zero attached hydrogens (tertiary/aromatic N) is 5. The summed E-state index contributed by atoms with van der Waals surface area (Å²) < 4.78 is 2.81. The monoisotopic (exact) mass is 1250 g/mol. The number of benzene rings is 12. The van der Waals surface area contributed by atoms with Crippen LogP contribution in [0.25, 0.3) is 0 Å². The molecule has 0 unspecified atom stereocenters. The Balaban J connectivity index is 0.995. The molecular formula is C84H73B2N5Se. The molecule has 0 amide bonds. The van der Waals surface area contributed by atoms with Gasteiger partial charge in [0.05, 0.1) is 0 Å². The summed E-state index contributed by atoms with van der Waals surface area (Å²) in [5.41, 5.74) is 31.1. The molecule has 4 aliphatic rings. The molecule has 4 heterocycles. The Morgan fingerprint density at radius 3 is 1.00 bits per heavy atom. The van der Waals surface area contributed by atoms with E-state index in [1.54, 1.807) is 0 Å². The zero-order valence-electron chi connectivity index (χ0n) is 53.6. The van der Waals surface area contributed by atoms with Crippen LogP contribution in [0, 0.1) is 0 Å². The van der Waals surface area contributed by atoms with Gasteiger partial charge in [0, 0.05) is 0 Å². The summed E-state index contributed by atoms with van der Waals surface area (Å²) in [7, 11) is 0. The topological polar surface area (TPSA) is 16.2 Å². The Morgan fingerprint density at radius 2 is 0.598 bits per heavy atom. The number of fused-ring (bicyclic) bond motifs is 8. The van der Waals surface area contributed by atoms with Crippen LogP contribution in [0.5, 0.6) is 0 Å². The van der Waals surface area contributed by atoms with E-state index in [1.165, 1.54) is 127 Å². The molecule has 4 aliphatic heterocycles. The van der Waals surface area contributed by atoms with Gasteiger partial charge in [-0.3, -0.25) is 0 Å². The SMILES string of the molecule is CC(C)c1ccccc1N(c1cc2c3c(c1)N(c1ccccc1)c1ccccc1B3c1cc3c(cc1[Se]2)N(c1ccccc1)c1cc(N(c2ccccc2C(C)C)c2ccccc2C(C)C)cc2c1B3c1ccccc1N2c1ccccc1)c1ccccc1C(C)C. The second-order valence-electron chi connectivity index (χ2n) is 26.3. The fourth-order valence-electron chi connectivity index (χ4n) is 15.5. The molecule has 0 saturated carbocycles. The molecule has 0 N–H and O–H groups in total. The first kappa shape index (κ1) is 57.4. The zero-order valence-corrected chi connectivity index (χ0v) is 55.3. The third-order valence-corrected chi connectivity index (χ3v) is 21.9. The van der Waals surface area contributed by atoms with Crippen molar-refractivity contribution in [2.45, 2.75) is 79.1 Å². The predicted octanol–water partition coefficient (Wildman–Crippen LogP) is 17.5. The molecule has 0 radical (unpaired) electrons. The van der Waals surface area contributed by atoms with Crippen molar-refractivity contribution in [3.63, 3.8) is 0 Å². The van der Waals surface area contributed by atoms with Crippen molar-refractivity contribution in [1.82, 2.24) is 0 Å². The fourth-order valence-corrected chi connectivity index (χ4v) is 18.0. The van der Waals surface area contributed by atoms with Crippen LogP contribution in [0.15, 0.2) is 273 Å². The fraction of sp³-hybridized carbons (Fsp3) is 0.143. The first-order valence-corrected chi connectivity index (χ1v) is 34.6. The minimum atomic E-state index is -0.140. The van der Waals surface area contributed by atoms with Gasteiger partial charge in [0.1, 0.15) is 0 Å². The first-order valence-electron chi connectivity index (χ1n) is 32.9. The number of hydrogen-bond donors (Lipinski definition) is 0. The van der Waals surface area contributed by atoms with E-state index < -0.39 is 0 Å². The molecule has 0 aromatic heterocycles. The van der Waals surface area contributed by atoms with E-state index in [0.717, 1.165) is 22.7 Å². The van der Waals surface area contributed by atoms with Gasteiger partial charge in [-0.2, -0.15) is 0 Å². The maximum absolute atomic E-state index is 2.69. The summed E-state index contributed by atoms with van der Waals surface area (Å²) in [5.74, 6) is 1.15. The Labute approximate surface area is 550 Å². The summed E-state index contributed by atoms with van der Waals surface area (Å²) in [6, 6.07) is 104. The van der Waals surface area contributed by atoms with Crippen LogP contribution in [0.3, 0.4) is 0 Å². The van der Waals surface area contributed by atoms with E-state index in [4.69, 9.17) is 0 Å². The predicted molar refractivity (Wildman–Crippen MR) is 397 cm³/mol. The van der Waals surface area contributed by atoms with Crippen molar-refractivity contribution in [1.29, 1.82) is 0 Å². The third kappa shape index (κ3) is 9.35. The Bertz CT molecular complexity index is 4710. The molecule has 0 bridgehead atoms. The van der Waals surface area contributed by atoms with E-state index in [2.05, 4.69) is 353 Å². The van der Waals surface area contributed by atoms with Gasteiger partial charge in [-0.15, -0.1) is 0 Å². The van der Waals surface area contributed by atoms with E-state index in [0.29, 0.717) is 11.8 Å². The van der Waals surface area contributed by atoms with E-state index in [-0.39, 0.29) is 40.2 Å². The Hall–Kier alpha value is -9.71. The maximum atomic E-state index is 2.69. The van der Waals surface area contributed by atoms with Gasteiger partial charge in [-0.25, -0.2) is 0 Å². The minimum absolute atomic E-state index is 0.0378. The number of hydrogen-bond acceptors (Lipinski definition) is 5. The van der Waals surface area contributed by atoms with Gasteiger partial charge in [0.15, 0.2) is 0 Å². The summed E-state index contributed by atoms with van der Waals surface area (Å²) in [4.78, 5) is 13.0. The van der Waals surface area contributed by atoms with Crippen molar-refractivity contribution in [3.05, 3.63) is 295 Å². The van der Waals surface area contributed by atoms with Crippen LogP contribution in [-0.2, 0) is 0 Å². The van der Waals surface area contributed by atoms with E-state index >= 15 is 0 Å². The van der Waals surface area contributed by atoms with Gasteiger partial charge in [-0.1, -0.05) is 0 Å². The summed E-state index contributed by atoms with van der Waals surface area (Å²) >= 11 is -0.140. The van der Waals surface area contributed by atoms with Crippen molar-refractivity contribution < 1.29 is 0 Å². The van der Waals surface area contributed by atoms with Crippen molar-refractivity contribution in [3.8, 4) is 0 Å². The number of rotatable bonds is 13. The van der Waals surface area contributed by atoms with Gasteiger partial charge in [0.25, 0.3) is 0 Å². The second kappa shape index (κ2) is 23.2. The van der Waals surface area contributed by atoms with E-state index in [1.807, 2.05) is 0 Å². The average Bonchev–Trinajstić information content (AvgIpc) is 0.690. The molecule has 0 spiro atoms. The molecule has 0 saturated heterocycles. The van der Waals surface area contributed by atoms with Crippen LogP contribution < -0.4 is 66.2 Å². The quantitative estimate of drug-likeness (QED) is 0.107. The van der Waals surface area contributed by atoms with Crippen LogP contribution in [-0.4, -0.2) is 28.4 Å². The molecule has 446 valence electrons. The van der Waals surface area contributed by atoms with E-state index in [9.17, 15) is 0 Å².